The van der Waals surface area contributed by atoms with E-state index in [1.807, 2.05) is 20.8 Å². The topological polar surface area (TPSA) is 105 Å². The van der Waals surface area contributed by atoms with Crippen LogP contribution < -0.4 is 4.90 Å². The van der Waals surface area contributed by atoms with Crippen molar-refractivity contribution in [3.05, 3.63) is 99.0 Å². The second kappa shape index (κ2) is 11.2. The predicted octanol–water partition coefficient (Wildman–Crippen LogP) is 6.37. The number of halogens is 4. The van der Waals surface area contributed by atoms with E-state index in [0.29, 0.717) is 5.69 Å². The number of rotatable bonds is 6. The van der Waals surface area contributed by atoms with E-state index < -0.39 is 65.1 Å². The lowest BCUT2D eigenvalue weighted by atomic mass is 9.62. The van der Waals surface area contributed by atoms with Crippen LogP contribution in [0.3, 0.4) is 0 Å². The zero-order valence-corrected chi connectivity index (χ0v) is 25.1. The summed E-state index contributed by atoms with van der Waals surface area (Å²) in [4.78, 5) is 29.0. The summed E-state index contributed by atoms with van der Waals surface area (Å²) >= 11 is 12.3. The number of nitriles is 1. The lowest BCUT2D eigenvalue weighted by molar-refractivity contribution is -0.119. The van der Waals surface area contributed by atoms with Crippen molar-refractivity contribution in [2.45, 2.75) is 56.8 Å². The SMILES string of the molecule is CC(C)(C)C[C@@H]1N2[C@H](CO)N(c3ccc(C(=O)O)cc3)C(=O)[C@H]2[C@H](c2cccc(Cl)c2F)[C@@]1(C#N)c1ccc(Cl)cc1F. The molecule has 0 unspecified atom stereocenters. The van der Waals surface area contributed by atoms with Gasteiger partial charge in [-0.1, -0.05) is 62.2 Å². The second-order valence-corrected chi connectivity index (χ2v) is 13.0. The average Bonchev–Trinajstić information content (AvgIpc) is 3.38. The lowest BCUT2D eigenvalue weighted by Crippen LogP contribution is -2.53. The van der Waals surface area contributed by atoms with Crippen molar-refractivity contribution < 1.29 is 28.6 Å². The number of carboxylic acids is 1. The third kappa shape index (κ3) is 4.96. The van der Waals surface area contributed by atoms with Gasteiger partial charge < -0.3 is 10.2 Å². The highest BCUT2D eigenvalue weighted by molar-refractivity contribution is 6.31. The number of aromatic carboxylic acids is 1. The monoisotopic (exact) mass is 627 g/mol. The second-order valence-electron chi connectivity index (χ2n) is 12.1. The standard InChI is InChI=1S/C32H29Cl2F2N3O4/c1-31(2,3)14-24-32(16-37,21-12-9-18(33)13-23(21)35)26(20-5-4-6-22(34)27(20)36)28-29(41)38(25(15-40)39(24)28)19-10-7-17(8-11-19)30(42)43/h4-13,24-26,28,40H,14-15H2,1-3H3,(H,42,43)/t24-,25+,26-,28+,32-/m0/s1. The van der Waals surface area contributed by atoms with Crippen LogP contribution in [0.1, 0.15) is 54.6 Å². The van der Waals surface area contributed by atoms with E-state index in [-0.39, 0.29) is 33.2 Å². The minimum Gasteiger partial charge on any atom is -0.478 e. The number of aliphatic hydroxyl groups excluding tert-OH is 1. The molecule has 2 saturated heterocycles. The molecule has 0 aliphatic carbocycles. The fourth-order valence-corrected chi connectivity index (χ4v) is 7.12. The van der Waals surface area contributed by atoms with Crippen LogP contribution in [0.25, 0.3) is 0 Å². The number of amides is 1. The molecule has 2 aliphatic rings. The lowest BCUT2D eigenvalue weighted by Gasteiger charge is -2.42. The van der Waals surface area contributed by atoms with Gasteiger partial charge in [-0.3, -0.25) is 14.6 Å². The van der Waals surface area contributed by atoms with Crippen LogP contribution in [0, 0.1) is 28.4 Å². The maximum absolute atomic E-state index is 16.0. The Morgan fingerprint density at radius 3 is 2.33 bits per heavy atom. The quantitative estimate of drug-likeness (QED) is 0.329. The number of benzene rings is 3. The largest absolute Gasteiger partial charge is 0.478 e. The molecule has 2 heterocycles. The van der Waals surface area contributed by atoms with Crippen LogP contribution in [0.15, 0.2) is 60.7 Å². The van der Waals surface area contributed by atoms with Crippen molar-refractivity contribution >= 4 is 40.8 Å². The summed E-state index contributed by atoms with van der Waals surface area (Å²) in [5.41, 5.74) is -2.06. The number of nitrogens with zero attached hydrogens (tertiary/aromatic N) is 3. The van der Waals surface area contributed by atoms with Crippen molar-refractivity contribution in [2.75, 3.05) is 11.5 Å². The molecular formula is C32H29Cl2F2N3O4. The molecular weight excluding hydrogens is 599 g/mol. The highest BCUT2D eigenvalue weighted by Crippen LogP contribution is 2.59. The number of aliphatic hydroxyl groups is 1. The van der Waals surface area contributed by atoms with Gasteiger partial charge in [-0.05, 0) is 59.9 Å². The first-order valence-corrected chi connectivity index (χ1v) is 14.4. The fraction of sp³-hybridized carbons (Fsp3) is 0.344. The first-order valence-electron chi connectivity index (χ1n) is 13.6. The summed E-state index contributed by atoms with van der Waals surface area (Å²) in [6.45, 7) is 5.23. The molecule has 3 aromatic rings. The van der Waals surface area contributed by atoms with Crippen molar-refractivity contribution in [1.29, 1.82) is 5.26 Å². The number of carbonyl (C=O) groups is 2. The molecule has 0 radical (unpaired) electrons. The first-order chi connectivity index (χ1) is 20.3. The molecule has 43 heavy (non-hydrogen) atoms. The zero-order valence-electron chi connectivity index (χ0n) is 23.6. The minimum absolute atomic E-state index is 0.00244. The molecule has 5 rings (SSSR count). The number of anilines is 1. The maximum Gasteiger partial charge on any atom is 0.335 e. The van der Waals surface area contributed by atoms with Gasteiger partial charge in [-0.2, -0.15) is 5.26 Å². The molecule has 224 valence electrons. The molecule has 0 saturated carbocycles. The Labute approximate surface area is 257 Å². The summed E-state index contributed by atoms with van der Waals surface area (Å²) in [5, 5.41) is 31.1. The molecule has 1 amide bonds. The zero-order chi connectivity index (χ0) is 31.4. The Kier molecular flexibility index (Phi) is 8.03. The van der Waals surface area contributed by atoms with Crippen LogP contribution in [-0.4, -0.2) is 51.8 Å². The Hall–Kier alpha value is -3.55. The number of hydrogen-bond donors (Lipinski definition) is 2. The van der Waals surface area contributed by atoms with Gasteiger partial charge >= 0.3 is 5.97 Å². The van der Waals surface area contributed by atoms with Crippen molar-refractivity contribution in [2.24, 2.45) is 5.41 Å². The van der Waals surface area contributed by atoms with Crippen molar-refractivity contribution in [3.63, 3.8) is 0 Å². The number of hydrogen-bond acceptors (Lipinski definition) is 5. The summed E-state index contributed by atoms with van der Waals surface area (Å²) < 4.78 is 31.9. The van der Waals surface area contributed by atoms with Gasteiger partial charge in [0.15, 0.2) is 0 Å². The van der Waals surface area contributed by atoms with Crippen LogP contribution in [0.4, 0.5) is 14.5 Å². The Morgan fingerprint density at radius 1 is 1.09 bits per heavy atom. The molecule has 7 nitrogen and oxygen atoms in total. The molecule has 0 aromatic heterocycles. The van der Waals surface area contributed by atoms with Gasteiger partial charge in [-0.15, -0.1) is 0 Å². The number of carboxylic acid groups (broad SMARTS) is 1. The Morgan fingerprint density at radius 2 is 1.77 bits per heavy atom. The molecule has 0 spiro atoms. The van der Waals surface area contributed by atoms with Crippen LogP contribution in [0.5, 0.6) is 0 Å². The first kappa shape index (κ1) is 30.9. The van der Waals surface area contributed by atoms with Gasteiger partial charge in [0.05, 0.1) is 23.3 Å². The summed E-state index contributed by atoms with van der Waals surface area (Å²) in [6, 6.07) is 14.0. The third-order valence-electron chi connectivity index (χ3n) is 8.39. The molecule has 11 heteroatoms. The molecule has 2 N–H and O–H groups in total. The summed E-state index contributed by atoms with van der Waals surface area (Å²) in [5.74, 6) is -4.59. The van der Waals surface area contributed by atoms with E-state index in [2.05, 4.69) is 6.07 Å². The smallest absolute Gasteiger partial charge is 0.335 e. The Balaban J connectivity index is 1.83. The van der Waals surface area contributed by atoms with Crippen molar-refractivity contribution in [1.82, 2.24) is 4.90 Å². The van der Waals surface area contributed by atoms with E-state index in [0.717, 1.165) is 6.07 Å². The normalized spacial score (nSPS) is 25.6. The van der Waals surface area contributed by atoms with Gasteiger partial charge in [0.25, 0.3) is 0 Å². The van der Waals surface area contributed by atoms with Crippen LogP contribution in [-0.2, 0) is 10.2 Å². The predicted molar refractivity (Wildman–Crippen MR) is 158 cm³/mol. The fourth-order valence-electron chi connectivity index (χ4n) is 6.78. The Bertz CT molecular complexity index is 1640. The van der Waals surface area contributed by atoms with Gasteiger partial charge in [-0.25, -0.2) is 13.6 Å². The molecule has 0 bridgehead atoms. The van der Waals surface area contributed by atoms with E-state index in [9.17, 15) is 25.1 Å². The van der Waals surface area contributed by atoms with Gasteiger partial charge in [0.2, 0.25) is 5.91 Å². The molecule has 3 aromatic carbocycles. The van der Waals surface area contributed by atoms with E-state index in [1.165, 1.54) is 59.5 Å². The summed E-state index contributed by atoms with van der Waals surface area (Å²) in [7, 11) is 0. The minimum atomic E-state index is -1.82. The van der Waals surface area contributed by atoms with Crippen LogP contribution >= 0.6 is 23.2 Å². The molecule has 2 aliphatic heterocycles. The molecule has 5 atom stereocenters. The van der Waals surface area contributed by atoms with E-state index >= 15 is 8.78 Å². The average molecular weight is 629 g/mol. The number of carbonyl (C=O) groups excluding carboxylic acids is 1. The molecule has 2 fully saturated rings. The van der Waals surface area contributed by atoms with Crippen LogP contribution in [0.2, 0.25) is 10.0 Å². The highest BCUT2D eigenvalue weighted by atomic mass is 35.5. The third-order valence-corrected chi connectivity index (χ3v) is 8.91. The highest BCUT2D eigenvalue weighted by Gasteiger charge is 2.70. The number of fused-ring (bicyclic) bond motifs is 1. The van der Waals surface area contributed by atoms with E-state index in [1.54, 1.807) is 4.90 Å². The van der Waals surface area contributed by atoms with Gasteiger partial charge in [0, 0.05) is 28.2 Å². The maximum atomic E-state index is 16.0. The summed E-state index contributed by atoms with van der Waals surface area (Å²) in [6.07, 6.45) is -0.774. The van der Waals surface area contributed by atoms with Crippen molar-refractivity contribution in [3.8, 4) is 6.07 Å². The van der Waals surface area contributed by atoms with E-state index in [4.69, 9.17) is 23.2 Å². The van der Waals surface area contributed by atoms with Gasteiger partial charge in [0.1, 0.15) is 29.3 Å².